The molecule has 0 amide bonds. The first-order valence-corrected chi connectivity index (χ1v) is 3.90. The molecular formula is C8H16O3. The summed E-state index contributed by atoms with van der Waals surface area (Å²) in [6.45, 7) is 0.702. The quantitative estimate of drug-likeness (QED) is 0.438. The maximum atomic E-state index is 10.2. The summed E-state index contributed by atoms with van der Waals surface area (Å²) in [4.78, 5) is 10.2. The summed E-state index contributed by atoms with van der Waals surface area (Å²) in [5, 5.41) is 8.62. The van der Waals surface area contributed by atoms with Crippen LogP contribution in [0.15, 0.2) is 0 Å². The molecule has 0 rings (SSSR count). The molecule has 1 unspecified atom stereocenters. The predicted octanol–water partition coefficient (Wildman–Crippen LogP) is 0.611. The highest BCUT2D eigenvalue weighted by molar-refractivity contribution is 5.53. The molecule has 0 radical (unpaired) electrons. The van der Waals surface area contributed by atoms with Crippen LogP contribution in [0.1, 0.15) is 19.3 Å². The Labute approximate surface area is 67.4 Å². The SMILES string of the molecule is COCCCCC(C=O)CO. The second-order valence-corrected chi connectivity index (χ2v) is 2.57. The monoisotopic (exact) mass is 160 g/mol. The third kappa shape index (κ3) is 6.01. The smallest absolute Gasteiger partial charge is 0.125 e. The number of unbranched alkanes of at least 4 members (excludes halogenated alkanes) is 1. The van der Waals surface area contributed by atoms with Gasteiger partial charge < -0.3 is 14.6 Å². The molecule has 3 heteroatoms. The molecule has 1 N–H and O–H groups in total. The first kappa shape index (κ1) is 10.6. The van der Waals surface area contributed by atoms with E-state index in [1.54, 1.807) is 7.11 Å². The Kier molecular flexibility index (Phi) is 7.41. The number of ether oxygens (including phenoxy) is 1. The van der Waals surface area contributed by atoms with Crippen LogP contribution in [0.25, 0.3) is 0 Å². The fourth-order valence-corrected chi connectivity index (χ4v) is 0.855. The van der Waals surface area contributed by atoms with Crippen LogP contribution in [-0.4, -0.2) is 31.7 Å². The lowest BCUT2D eigenvalue weighted by molar-refractivity contribution is -0.112. The molecular weight excluding hydrogens is 144 g/mol. The van der Waals surface area contributed by atoms with Gasteiger partial charge in [-0.05, 0) is 12.8 Å². The molecule has 0 aromatic carbocycles. The van der Waals surface area contributed by atoms with Crippen molar-refractivity contribution in [3.63, 3.8) is 0 Å². The number of carbonyl (C=O) groups is 1. The van der Waals surface area contributed by atoms with Crippen LogP contribution in [0.5, 0.6) is 0 Å². The molecule has 0 saturated carbocycles. The highest BCUT2D eigenvalue weighted by atomic mass is 16.5. The Morgan fingerprint density at radius 3 is 2.73 bits per heavy atom. The zero-order valence-electron chi connectivity index (χ0n) is 6.95. The fraction of sp³-hybridized carbons (Fsp3) is 0.875. The van der Waals surface area contributed by atoms with E-state index in [4.69, 9.17) is 9.84 Å². The number of hydrogen-bond acceptors (Lipinski definition) is 3. The maximum Gasteiger partial charge on any atom is 0.125 e. The van der Waals surface area contributed by atoms with E-state index in [1.807, 2.05) is 0 Å². The van der Waals surface area contributed by atoms with E-state index in [9.17, 15) is 4.79 Å². The van der Waals surface area contributed by atoms with E-state index < -0.39 is 0 Å². The Hall–Kier alpha value is -0.410. The van der Waals surface area contributed by atoms with Crippen molar-refractivity contribution in [1.29, 1.82) is 0 Å². The standard InChI is InChI=1S/C8H16O3/c1-11-5-3-2-4-8(6-9)7-10/h6,8,10H,2-5,7H2,1H3. The van der Waals surface area contributed by atoms with Crippen LogP contribution >= 0.6 is 0 Å². The van der Waals surface area contributed by atoms with Crippen LogP contribution in [0.2, 0.25) is 0 Å². The molecule has 0 fully saturated rings. The molecule has 0 aliphatic carbocycles. The van der Waals surface area contributed by atoms with Gasteiger partial charge in [-0.3, -0.25) is 0 Å². The van der Waals surface area contributed by atoms with Crippen molar-refractivity contribution in [2.24, 2.45) is 5.92 Å². The van der Waals surface area contributed by atoms with Crippen LogP contribution in [-0.2, 0) is 9.53 Å². The molecule has 66 valence electrons. The van der Waals surface area contributed by atoms with Crippen LogP contribution in [0.4, 0.5) is 0 Å². The summed E-state index contributed by atoms with van der Waals surface area (Å²) in [7, 11) is 1.66. The van der Waals surface area contributed by atoms with Crippen molar-refractivity contribution < 1.29 is 14.6 Å². The highest BCUT2D eigenvalue weighted by Gasteiger charge is 2.03. The summed E-state index contributed by atoms with van der Waals surface area (Å²) in [5.41, 5.74) is 0. The minimum Gasteiger partial charge on any atom is -0.396 e. The zero-order valence-corrected chi connectivity index (χ0v) is 6.95. The predicted molar refractivity (Wildman–Crippen MR) is 42.4 cm³/mol. The molecule has 0 bridgehead atoms. The zero-order chi connectivity index (χ0) is 8.53. The van der Waals surface area contributed by atoms with Gasteiger partial charge in [0, 0.05) is 19.6 Å². The van der Waals surface area contributed by atoms with Gasteiger partial charge in [0.15, 0.2) is 0 Å². The lowest BCUT2D eigenvalue weighted by Crippen LogP contribution is -2.07. The van der Waals surface area contributed by atoms with Crippen molar-refractivity contribution >= 4 is 6.29 Å². The number of rotatable bonds is 7. The molecule has 0 spiro atoms. The Morgan fingerprint density at radius 1 is 1.55 bits per heavy atom. The van der Waals surface area contributed by atoms with E-state index in [2.05, 4.69) is 0 Å². The van der Waals surface area contributed by atoms with Crippen LogP contribution in [0, 0.1) is 5.92 Å². The highest BCUT2D eigenvalue weighted by Crippen LogP contribution is 2.04. The molecule has 3 nitrogen and oxygen atoms in total. The minimum atomic E-state index is -0.174. The van der Waals surface area contributed by atoms with Crippen LogP contribution in [0.3, 0.4) is 0 Å². The summed E-state index contributed by atoms with van der Waals surface area (Å²) in [6, 6.07) is 0. The average molecular weight is 160 g/mol. The minimum absolute atomic E-state index is 0.0313. The van der Waals surface area contributed by atoms with Gasteiger partial charge in [-0.2, -0.15) is 0 Å². The second-order valence-electron chi connectivity index (χ2n) is 2.57. The lowest BCUT2D eigenvalue weighted by Gasteiger charge is -2.04. The van der Waals surface area contributed by atoms with Gasteiger partial charge in [0.05, 0.1) is 6.61 Å². The van der Waals surface area contributed by atoms with E-state index in [1.165, 1.54) is 0 Å². The van der Waals surface area contributed by atoms with Crippen molar-refractivity contribution in [3.05, 3.63) is 0 Å². The summed E-state index contributed by atoms with van der Waals surface area (Å²) in [6.07, 6.45) is 3.48. The molecule has 0 aliphatic heterocycles. The molecule has 0 aliphatic rings. The summed E-state index contributed by atoms with van der Waals surface area (Å²) in [5.74, 6) is -0.174. The van der Waals surface area contributed by atoms with Gasteiger partial charge in [0.2, 0.25) is 0 Å². The van der Waals surface area contributed by atoms with E-state index in [0.29, 0.717) is 0 Å². The van der Waals surface area contributed by atoms with Gasteiger partial charge >= 0.3 is 0 Å². The molecule has 0 saturated heterocycles. The van der Waals surface area contributed by atoms with Gasteiger partial charge in [-0.1, -0.05) is 6.42 Å². The van der Waals surface area contributed by atoms with Gasteiger partial charge in [0.25, 0.3) is 0 Å². The van der Waals surface area contributed by atoms with Gasteiger partial charge in [-0.15, -0.1) is 0 Å². The topological polar surface area (TPSA) is 46.5 Å². The molecule has 0 aromatic rings. The second kappa shape index (κ2) is 7.69. The Morgan fingerprint density at radius 2 is 2.27 bits per heavy atom. The Bertz CT molecular complexity index is 93.3. The number of aliphatic hydroxyl groups is 1. The van der Waals surface area contributed by atoms with Crippen molar-refractivity contribution in [2.75, 3.05) is 20.3 Å². The number of methoxy groups -OCH3 is 1. The van der Waals surface area contributed by atoms with Crippen molar-refractivity contribution in [2.45, 2.75) is 19.3 Å². The fourth-order valence-electron chi connectivity index (χ4n) is 0.855. The van der Waals surface area contributed by atoms with Gasteiger partial charge in [0.1, 0.15) is 6.29 Å². The third-order valence-electron chi connectivity index (χ3n) is 1.60. The molecule has 1 atom stereocenters. The van der Waals surface area contributed by atoms with E-state index >= 15 is 0 Å². The third-order valence-corrected chi connectivity index (χ3v) is 1.60. The van der Waals surface area contributed by atoms with Crippen LogP contribution < -0.4 is 0 Å². The van der Waals surface area contributed by atoms with Gasteiger partial charge in [-0.25, -0.2) is 0 Å². The van der Waals surface area contributed by atoms with Crippen molar-refractivity contribution in [3.8, 4) is 0 Å². The molecule has 0 heterocycles. The Balaban J connectivity index is 3.14. The number of carbonyl (C=O) groups excluding carboxylic acids is 1. The van der Waals surface area contributed by atoms with E-state index in [0.717, 1.165) is 32.2 Å². The first-order valence-electron chi connectivity index (χ1n) is 3.90. The lowest BCUT2D eigenvalue weighted by atomic mass is 10.1. The average Bonchev–Trinajstić information content (AvgIpc) is 2.05. The normalized spacial score (nSPS) is 12.9. The summed E-state index contributed by atoms with van der Waals surface area (Å²) >= 11 is 0. The summed E-state index contributed by atoms with van der Waals surface area (Å²) < 4.78 is 4.84. The molecule has 0 aromatic heterocycles. The largest absolute Gasteiger partial charge is 0.396 e. The number of hydrogen-bond donors (Lipinski definition) is 1. The van der Waals surface area contributed by atoms with Crippen molar-refractivity contribution in [1.82, 2.24) is 0 Å². The maximum absolute atomic E-state index is 10.2. The number of aldehydes is 1. The number of aliphatic hydroxyl groups excluding tert-OH is 1. The molecule has 11 heavy (non-hydrogen) atoms. The van der Waals surface area contributed by atoms with E-state index in [-0.39, 0.29) is 12.5 Å². The first-order chi connectivity index (χ1) is 5.35.